The van der Waals surface area contributed by atoms with Crippen molar-refractivity contribution in [1.29, 1.82) is 0 Å². The standard InChI is InChI=1S/C33H34N6O3/c1-5-6-12-30-29(19-23-13-15-25(16-14-23)32(41)42-4)33(3,21-40)39(22(2)34-30)26-17-18-27(24-10-8-7-9-11-24)28(20-26)31-35-37-38-36-31/h7-11,13-18,20-21H,5-6,12,19H2,1-4H3,(H,35,36,37,38). The number of aromatic nitrogens is 4. The third-order valence-corrected chi connectivity index (χ3v) is 7.73. The second-order valence-corrected chi connectivity index (χ2v) is 10.5. The summed E-state index contributed by atoms with van der Waals surface area (Å²) in [7, 11) is 1.37. The molecule has 1 aliphatic heterocycles. The van der Waals surface area contributed by atoms with Gasteiger partial charge in [-0.05, 0) is 84.9 Å². The highest BCUT2D eigenvalue weighted by Gasteiger charge is 2.42. The highest BCUT2D eigenvalue weighted by Crippen LogP contribution is 2.41. The van der Waals surface area contributed by atoms with Gasteiger partial charge in [0.25, 0.3) is 0 Å². The van der Waals surface area contributed by atoms with Gasteiger partial charge in [-0.25, -0.2) is 9.79 Å². The average Bonchev–Trinajstić information content (AvgIpc) is 3.57. The van der Waals surface area contributed by atoms with Gasteiger partial charge in [0.15, 0.2) is 0 Å². The zero-order valence-electron chi connectivity index (χ0n) is 24.3. The van der Waals surface area contributed by atoms with Crippen LogP contribution in [0.1, 0.15) is 56.0 Å². The van der Waals surface area contributed by atoms with Gasteiger partial charge in [-0.15, -0.1) is 10.2 Å². The number of H-pyrrole nitrogens is 1. The second-order valence-electron chi connectivity index (χ2n) is 10.5. The minimum atomic E-state index is -1.02. The summed E-state index contributed by atoms with van der Waals surface area (Å²) in [6, 6.07) is 23.4. The maximum atomic E-state index is 13.2. The molecule has 1 N–H and O–H groups in total. The lowest BCUT2D eigenvalue weighted by atomic mass is 9.82. The first-order chi connectivity index (χ1) is 20.4. The molecule has 1 aromatic heterocycles. The second kappa shape index (κ2) is 12.3. The number of nitrogens with one attached hydrogen (secondary N) is 1. The van der Waals surface area contributed by atoms with E-state index >= 15 is 0 Å². The number of unbranched alkanes of at least 4 members (excludes halogenated alkanes) is 1. The quantitative estimate of drug-likeness (QED) is 0.181. The smallest absolute Gasteiger partial charge is 0.337 e. The number of hydrogen-bond acceptors (Lipinski definition) is 8. The van der Waals surface area contributed by atoms with Crippen LogP contribution in [0.25, 0.3) is 22.5 Å². The molecule has 2 heterocycles. The Labute approximate surface area is 245 Å². The molecule has 0 spiro atoms. The minimum Gasteiger partial charge on any atom is -0.465 e. The molecule has 0 saturated heterocycles. The molecule has 1 unspecified atom stereocenters. The maximum Gasteiger partial charge on any atom is 0.337 e. The summed E-state index contributed by atoms with van der Waals surface area (Å²) in [5, 5.41) is 14.9. The third kappa shape index (κ3) is 5.50. The number of rotatable bonds is 10. The Morgan fingerprint density at radius 3 is 2.45 bits per heavy atom. The monoisotopic (exact) mass is 562 g/mol. The van der Waals surface area contributed by atoms with Gasteiger partial charge < -0.3 is 14.4 Å². The number of amidine groups is 1. The predicted molar refractivity (Wildman–Crippen MR) is 163 cm³/mol. The van der Waals surface area contributed by atoms with E-state index < -0.39 is 5.54 Å². The Hall–Kier alpha value is -4.92. The molecule has 42 heavy (non-hydrogen) atoms. The van der Waals surface area contributed by atoms with Gasteiger partial charge in [-0.2, -0.15) is 5.21 Å². The molecule has 1 atom stereocenters. The van der Waals surface area contributed by atoms with Crippen LogP contribution < -0.4 is 4.90 Å². The van der Waals surface area contributed by atoms with Gasteiger partial charge in [0.1, 0.15) is 17.7 Å². The summed E-state index contributed by atoms with van der Waals surface area (Å²) in [6.45, 7) is 6.03. The first-order valence-corrected chi connectivity index (χ1v) is 14.0. The van der Waals surface area contributed by atoms with Crippen LogP contribution in [0, 0.1) is 0 Å². The molecule has 5 rings (SSSR count). The number of allylic oxidation sites excluding steroid dienone is 1. The van der Waals surface area contributed by atoms with Crippen LogP contribution in [0.3, 0.4) is 0 Å². The van der Waals surface area contributed by atoms with Gasteiger partial charge >= 0.3 is 5.97 Å². The van der Waals surface area contributed by atoms with E-state index in [2.05, 4.69) is 27.5 Å². The van der Waals surface area contributed by atoms with Crippen molar-refractivity contribution in [3.8, 4) is 22.5 Å². The highest BCUT2D eigenvalue weighted by atomic mass is 16.5. The van der Waals surface area contributed by atoms with E-state index in [1.807, 2.05) is 79.4 Å². The number of carbonyl (C=O) groups is 2. The zero-order chi connectivity index (χ0) is 29.7. The Morgan fingerprint density at radius 2 is 1.81 bits per heavy atom. The number of benzene rings is 3. The number of methoxy groups -OCH3 is 1. The molecule has 4 aromatic rings. The summed E-state index contributed by atoms with van der Waals surface area (Å²) < 4.78 is 4.85. The molecule has 9 nitrogen and oxygen atoms in total. The van der Waals surface area contributed by atoms with E-state index in [9.17, 15) is 9.59 Å². The van der Waals surface area contributed by atoms with Crippen LogP contribution in [0.5, 0.6) is 0 Å². The van der Waals surface area contributed by atoms with E-state index in [0.717, 1.165) is 70.6 Å². The van der Waals surface area contributed by atoms with Crippen LogP contribution >= 0.6 is 0 Å². The molecule has 0 aliphatic carbocycles. The van der Waals surface area contributed by atoms with Crippen LogP contribution in [0.15, 0.2) is 89.1 Å². The third-order valence-electron chi connectivity index (χ3n) is 7.73. The number of anilines is 1. The lowest BCUT2D eigenvalue weighted by Crippen LogP contribution is -2.55. The van der Waals surface area contributed by atoms with Gasteiger partial charge in [-0.1, -0.05) is 61.9 Å². The Balaban J connectivity index is 1.61. The highest BCUT2D eigenvalue weighted by molar-refractivity contribution is 6.05. The Kier molecular flexibility index (Phi) is 8.38. The fraction of sp³-hybridized carbons (Fsp3) is 0.273. The molecule has 9 heteroatoms. The van der Waals surface area contributed by atoms with Crippen molar-refractivity contribution < 1.29 is 14.3 Å². The van der Waals surface area contributed by atoms with Crippen molar-refractivity contribution in [2.45, 2.75) is 52.0 Å². The lowest BCUT2D eigenvalue weighted by Gasteiger charge is -2.44. The van der Waals surface area contributed by atoms with Crippen molar-refractivity contribution in [3.05, 3.63) is 95.2 Å². The fourth-order valence-corrected chi connectivity index (χ4v) is 5.57. The average molecular weight is 563 g/mol. The van der Waals surface area contributed by atoms with Gasteiger partial charge in [0, 0.05) is 16.9 Å². The SMILES string of the molecule is CCCCC1=C(Cc2ccc(C(=O)OC)cc2)C(C)(C=O)N(c2ccc(-c3ccccc3)c(-c3nn[nH]n3)c2)C(C)=N1. The number of esters is 1. The molecular weight excluding hydrogens is 528 g/mol. The predicted octanol–water partition coefficient (Wildman–Crippen LogP) is 6.20. The summed E-state index contributed by atoms with van der Waals surface area (Å²) in [6.07, 6.45) is 4.24. The molecule has 0 fully saturated rings. The Morgan fingerprint density at radius 1 is 1.05 bits per heavy atom. The minimum absolute atomic E-state index is 0.387. The summed E-state index contributed by atoms with van der Waals surface area (Å²) in [5.41, 5.74) is 5.83. The topological polar surface area (TPSA) is 113 Å². The van der Waals surface area contributed by atoms with Crippen molar-refractivity contribution >= 4 is 23.8 Å². The number of aldehydes is 1. The molecule has 0 amide bonds. The molecule has 214 valence electrons. The summed E-state index contributed by atoms with van der Waals surface area (Å²) >= 11 is 0. The van der Waals surface area contributed by atoms with Gasteiger partial charge in [-0.3, -0.25) is 0 Å². The maximum absolute atomic E-state index is 13.2. The van der Waals surface area contributed by atoms with Crippen molar-refractivity contribution in [1.82, 2.24) is 20.6 Å². The van der Waals surface area contributed by atoms with Crippen LogP contribution in [-0.2, 0) is 16.0 Å². The number of aromatic amines is 1. The summed E-state index contributed by atoms with van der Waals surface area (Å²) in [5.74, 6) is 0.801. The van der Waals surface area contributed by atoms with Gasteiger partial charge in [0.2, 0.25) is 5.82 Å². The number of ether oxygens (including phenoxy) is 1. The Bertz CT molecular complexity index is 1630. The molecule has 0 bridgehead atoms. The van der Waals surface area contributed by atoms with E-state index in [1.54, 1.807) is 12.1 Å². The van der Waals surface area contributed by atoms with Crippen molar-refractivity contribution in [2.24, 2.45) is 4.99 Å². The lowest BCUT2D eigenvalue weighted by molar-refractivity contribution is -0.110. The number of tetrazole rings is 1. The first kappa shape index (κ1) is 28.6. The summed E-state index contributed by atoms with van der Waals surface area (Å²) in [4.78, 5) is 32.2. The molecule has 3 aromatic carbocycles. The first-order valence-electron chi connectivity index (χ1n) is 14.0. The molecule has 0 saturated carbocycles. The van der Waals surface area contributed by atoms with Gasteiger partial charge in [0.05, 0.1) is 12.7 Å². The van der Waals surface area contributed by atoms with Crippen molar-refractivity contribution in [3.63, 3.8) is 0 Å². The normalized spacial score (nSPS) is 16.8. The number of nitrogens with zero attached hydrogens (tertiary/aromatic N) is 5. The molecular formula is C33H34N6O3. The number of hydrogen-bond donors (Lipinski definition) is 1. The molecule has 0 radical (unpaired) electrons. The fourth-order valence-electron chi connectivity index (χ4n) is 5.57. The van der Waals surface area contributed by atoms with Crippen LogP contribution in [0.4, 0.5) is 5.69 Å². The van der Waals surface area contributed by atoms with E-state index in [-0.39, 0.29) is 5.97 Å². The van der Waals surface area contributed by atoms with Crippen LogP contribution in [0.2, 0.25) is 0 Å². The zero-order valence-corrected chi connectivity index (χ0v) is 24.3. The molecule has 1 aliphatic rings. The van der Waals surface area contributed by atoms with E-state index in [0.29, 0.717) is 17.8 Å². The largest absolute Gasteiger partial charge is 0.465 e. The van der Waals surface area contributed by atoms with E-state index in [4.69, 9.17) is 9.73 Å². The number of aliphatic imine (C=N–C) groups is 1. The van der Waals surface area contributed by atoms with Crippen LogP contribution in [-0.4, -0.2) is 51.4 Å². The van der Waals surface area contributed by atoms with E-state index in [1.165, 1.54) is 7.11 Å². The van der Waals surface area contributed by atoms with Crippen molar-refractivity contribution in [2.75, 3.05) is 12.0 Å². The number of carbonyl (C=O) groups excluding carboxylic acids is 2.